The summed E-state index contributed by atoms with van der Waals surface area (Å²) in [6.45, 7) is 3.79. The van der Waals surface area contributed by atoms with Crippen LogP contribution in [0, 0.1) is 0 Å². The summed E-state index contributed by atoms with van der Waals surface area (Å²) in [4.78, 5) is 11.6. The van der Waals surface area contributed by atoms with E-state index in [4.69, 9.17) is 9.47 Å². The number of carbonyl (C=O) groups is 1. The van der Waals surface area contributed by atoms with E-state index in [-0.39, 0.29) is 6.03 Å². The maximum atomic E-state index is 11.6. The van der Waals surface area contributed by atoms with Crippen LogP contribution in [0.25, 0.3) is 0 Å². The van der Waals surface area contributed by atoms with Gasteiger partial charge in [0.2, 0.25) is 0 Å². The van der Waals surface area contributed by atoms with E-state index in [2.05, 4.69) is 10.6 Å². The van der Waals surface area contributed by atoms with Gasteiger partial charge in [0, 0.05) is 12.3 Å². The van der Waals surface area contributed by atoms with Crippen LogP contribution in [-0.4, -0.2) is 20.3 Å². The number of hydrogen-bond donors (Lipinski definition) is 2. The second-order valence-electron chi connectivity index (χ2n) is 3.89. The number of ether oxygens (including phenoxy) is 2. The van der Waals surface area contributed by atoms with E-state index in [1.54, 1.807) is 31.5 Å². The van der Waals surface area contributed by atoms with E-state index in [9.17, 15) is 4.79 Å². The molecule has 0 radical (unpaired) electrons. The number of amides is 2. The fourth-order valence-electron chi connectivity index (χ4n) is 1.27. The van der Waals surface area contributed by atoms with E-state index in [1.807, 2.05) is 13.8 Å². The molecule has 0 aliphatic carbocycles. The first kappa shape index (κ1) is 13.9. The van der Waals surface area contributed by atoms with E-state index in [0.29, 0.717) is 17.2 Å². The third-order valence-electron chi connectivity index (χ3n) is 2.15. The molecule has 0 saturated carbocycles. The topological polar surface area (TPSA) is 59.6 Å². The summed E-state index contributed by atoms with van der Waals surface area (Å²) >= 11 is 0. The predicted octanol–water partition coefficient (Wildman–Crippen LogP) is 2.75. The first-order chi connectivity index (χ1) is 8.56. The summed E-state index contributed by atoms with van der Waals surface area (Å²) < 4.78 is 10.3. The number of allylic oxidation sites excluding steroid dienone is 1. The average Bonchev–Trinajstić information content (AvgIpc) is 2.36. The van der Waals surface area contributed by atoms with Gasteiger partial charge in [0.25, 0.3) is 0 Å². The van der Waals surface area contributed by atoms with Crippen LogP contribution in [0.2, 0.25) is 0 Å². The van der Waals surface area contributed by atoms with Gasteiger partial charge >= 0.3 is 6.03 Å². The van der Waals surface area contributed by atoms with Gasteiger partial charge < -0.3 is 20.1 Å². The van der Waals surface area contributed by atoms with Crippen LogP contribution in [0.5, 0.6) is 11.5 Å². The second kappa shape index (κ2) is 6.54. The molecule has 0 fully saturated rings. The number of anilines is 1. The summed E-state index contributed by atoms with van der Waals surface area (Å²) in [5, 5.41) is 5.30. The minimum Gasteiger partial charge on any atom is -0.497 e. The Morgan fingerprint density at radius 1 is 1.22 bits per heavy atom. The maximum Gasteiger partial charge on any atom is 0.323 e. The highest BCUT2D eigenvalue weighted by molar-refractivity contribution is 5.91. The Labute approximate surface area is 107 Å². The van der Waals surface area contributed by atoms with Crippen LogP contribution in [0.1, 0.15) is 13.8 Å². The third kappa shape index (κ3) is 4.01. The van der Waals surface area contributed by atoms with Crippen molar-refractivity contribution < 1.29 is 14.3 Å². The second-order valence-corrected chi connectivity index (χ2v) is 3.89. The fraction of sp³-hybridized carbons (Fsp3) is 0.308. The van der Waals surface area contributed by atoms with Crippen LogP contribution in [0.15, 0.2) is 30.0 Å². The molecule has 1 aromatic carbocycles. The first-order valence-electron chi connectivity index (χ1n) is 5.49. The molecule has 0 aliphatic rings. The predicted molar refractivity (Wildman–Crippen MR) is 71.1 cm³/mol. The largest absolute Gasteiger partial charge is 0.497 e. The Bertz CT molecular complexity index is 452. The number of methoxy groups -OCH3 is 2. The molecule has 1 aromatic rings. The van der Waals surface area contributed by atoms with Crippen molar-refractivity contribution in [3.05, 3.63) is 30.0 Å². The van der Waals surface area contributed by atoms with Crippen molar-refractivity contribution >= 4 is 11.7 Å². The van der Waals surface area contributed by atoms with Crippen LogP contribution < -0.4 is 20.1 Å². The van der Waals surface area contributed by atoms with Crippen molar-refractivity contribution in [1.29, 1.82) is 0 Å². The zero-order chi connectivity index (χ0) is 13.5. The molecular formula is C13H18N2O3. The Balaban J connectivity index is 2.77. The lowest BCUT2D eigenvalue weighted by molar-refractivity contribution is 0.255. The van der Waals surface area contributed by atoms with Crippen LogP contribution in [0.3, 0.4) is 0 Å². The molecule has 0 bridgehead atoms. The summed E-state index contributed by atoms with van der Waals surface area (Å²) in [7, 11) is 3.11. The van der Waals surface area contributed by atoms with Crippen molar-refractivity contribution in [2.45, 2.75) is 13.8 Å². The Morgan fingerprint density at radius 3 is 2.50 bits per heavy atom. The smallest absolute Gasteiger partial charge is 0.323 e. The average molecular weight is 250 g/mol. The lowest BCUT2D eigenvalue weighted by Gasteiger charge is -2.11. The van der Waals surface area contributed by atoms with Gasteiger partial charge in [-0.2, -0.15) is 0 Å². The Kier molecular flexibility index (Phi) is 5.05. The Hall–Kier alpha value is -2.17. The summed E-state index contributed by atoms with van der Waals surface area (Å²) in [6, 6.07) is 4.86. The molecule has 98 valence electrons. The van der Waals surface area contributed by atoms with Gasteiger partial charge in [-0.25, -0.2) is 4.79 Å². The summed E-state index contributed by atoms with van der Waals surface area (Å²) in [5.74, 6) is 1.21. The minimum absolute atomic E-state index is 0.320. The van der Waals surface area contributed by atoms with Crippen molar-refractivity contribution in [2.24, 2.45) is 0 Å². The molecular weight excluding hydrogens is 232 g/mol. The van der Waals surface area contributed by atoms with Crippen molar-refractivity contribution in [2.75, 3.05) is 19.5 Å². The Morgan fingerprint density at radius 2 is 1.94 bits per heavy atom. The van der Waals surface area contributed by atoms with Gasteiger partial charge in [-0.15, -0.1) is 0 Å². The SMILES string of the molecule is COc1ccc(NC(=O)NC=C(C)C)c(OC)c1. The number of rotatable bonds is 4. The normalized spacial score (nSPS) is 9.33. The highest BCUT2D eigenvalue weighted by Gasteiger charge is 2.07. The highest BCUT2D eigenvalue weighted by atomic mass is 16.5. The molecule has 2 N–H and O–H groups in total. The van der Waals surface area contributed by atoms with Crippen molar-refractivity contribution in [3.63, 3.8) is 0 Å². The molecule has 0 saturated heterocycles. The molecule has 0 aliphatic heterocycles. The molecule has 2 amide bonds. The summed E-state index contributed by atoms with van der Waals surface area (Å²) in [6.07, 6.45) is 1.63. The molecule has 0 aromatic heterocycles. The van der Waals surface area contributed by atoms with Crippen molar-refractivity contribution in [1.82, 2.24) is 5.32 Å². The highest BCUT2D eigenvalue weighted by Crippen LogP contribution is 2.28. The van der Waals surface area contributed by atoms with Gasteiger partial charge in [-0.3, -0.25) is 0 Å². The standard InChI is InChI=1S/C13H18N2O3/c1-9(2)8-14-13(16)15-11-6-5-10(17-3)7-12(11)18-4/h5-8H,1-4H3,(H2,14,15,16). The number of urea groups is 1. The molecule has 1 rings (SSSR count). The van der Waals surface area contributed by atoms with E-state index in [0.717, 1.165) is 5.57 Å². The number of benzene rings is 1. The molecule has 0 unspecified atom stereocenters. The quantitative estimate of drug-likeness (QED) is 0.863. The van der Waals surface area contributed by atoms with Crippen LogP contribution in [-0.2, 0) is 0 Å². The number of carbonyl (C=O) groups excluding carboxylic acids is 1. The molecule has 0 heterocycles. The van der Waals surface area contributed by atoms with E-state index >= 15 is 0 Å². The lowest BCUT2D eigenvalue weighted by atomic mass is 10.2. The molecule has 5 nitrogen and oxygen atoms in total. The van der Waals surface area contributed by atoms with Gasteiger partial charge in [0.1, 0.15) is 11.5 Å². The third-order valence-corrected chi connectivity index (χ3v) is 2.15. The molecule has 0 atom stereocenters. The van der Waals surface area contributed by atoms with E-state index < -0.39 is 0 Å². The fourth-order valence-corrected chi connectivity index (χ4v) is 1.27. The lowest BCUT2D eigenvalue weighted by Crippen LogP contribution is -2.24. The number of hydrogen-bond acceptors (Lipinski definition) is 3. The van der Waals surface area contributed by atoms with Gasteiger partial charge in [-0.05, 0) is 26.0 Å². The monoisotopic (exact) mass is 250 g/mol. The maximum absolute atomic E-state index is 11.6. The first-order valence-corrected chi connectivity index (χ1v) is 5.49. The molecule has 5 heteroatoms. The van der Waals surface area contributed by atoms with Crippen LogP contribution >= 0.6 is 0 Å². The van der Waals surface area contributed by atoms with E-state index in [1.165, 1.54) is 7.11 Å². The zero-order valence-corrected chi connectivity index (χ0v) is 11.0. The zero-order valence-electron chi connectivity index (χ0n) is 11.0. The van der Waals surface area contributed by atoms with Gasteiger partial charge in [0.15, 0.2) is 0 Å². The molecule has 0 spiro atoms. The summed E-state index contributed by atoms with van der Waals surface area (Å²) in [5.41, 5.74) is 1.59. The molecule has 18 heavy (non-hydrogen) atoms. The van der Waals surface area contributed by atoms with Gasteiger partial charge in [-0.1, -0.05) is 5.57 Å². The number of nitrogens with one attached hydrogen (secondary N) is 2. The van der Waals surface area contributed by atoms with Crippen LogP contribution in [0.4, 0.5) is 10.5 Å². The van der Waals surface area contributed by atoms with Gasteiger partial charge in [0.05, 0.1) is 19.9 Å². The van der Waals surface area contributed by atoms with Crippen molar-refractivity contribution in [3.8, 4) is 11.5 Å². The minimum atomic E-state index is -0.320.